The molecule has 1 heterocycles. The third-order valence-corrected chi connectivity index (χ3v) is 5.25. The fourth-order valence-corrected chi connectivity index (χ4v) is 3.35. The van der Waals surface area contributed by atoms with Crippen molar-refractivity contribution in [2.75, 3.05) is 5.75 Å². The van der Waals surface area contributed by atoms with Crippen LogP contribution in [-0.4, -0.2) is 23.7 Å². The summed E-state index contributed by atoms with van der Waals surface area (Å²) >= 11 is 1.85. The monoisotopic (exact) mass is 415 g/mol. The Kier molecular flexibility index (Phi) is 4.74. The summed E-state index contributed by atoms with van der Waals surface area (Å²) in [6.45, 7) is 0.0327. The zero-order valence-corrected chi connectivity index (χ0v) is 13.7. The van der Waals surface area contributed by atoms with Gasteiger partial charge >= 0.3 is 0 Å². The first-order valence-electron chi connectivity index (χ1n) is 5.87. The molecule has 0 radical (unpaired) electrons. The first-order valence-corrected chi connectivity index (χ1v) is 8.60. The van der Waals surface area contributed by atoms with Crippen molar-refractivity contribution in [3.63, 3.8) is 0 Å². The van der Waals surface area contributed by atoms with Crippen molar-refractivity contribution in [1.82, 2.24) is 9.55 Å². The number of hydrogen-bond acceptors (Lipinski definition) is 5. The number of sulfone groups is 1. The SMILES string of the molecule is N#Cc1ccc(S(=O)(=O)CCn2cncc(I)c2=O)cc1. The largest absolute Gasteiger partial charge is 0.297 e. The molecule has 0 amide bonds. The Morgan fingerprint density at radius 2 is 1.95 bits per heavy atom. The summed E-state index contributed by atoms with van der Waals surface area (Å²) in [7, 11) is -3.51. The number of rotatable bonds is 4. The minimum absolute atomic E-state index is 0.0327. The van der Waals surface area contributed by atoms with E-state index < -0.39 is 9.84 Å². The summed E-state index contributed by atoms with van der Waals surface area (Å²) < 4.78 is 26.1. The minimum atomic E-state index is -3.51. The molecular weight excluding hydrogens is 405 g/mol. The Hall–Kier alpha value is -1.73. The predicted molar refractivity (Wildman–Crippen MR) is 84.4 cm³/mol. The Labute approximate surface area is 135 Å². The number of aryl methyl sites for hydroxylation is 1. The third-order valence-electron chi connectivity index (χ3n) is 2.80. The summed E-state index contributed by atoms with van der Waals surface area (Å²) in [5.74, 6) is -0.208. The Balaban J connectivity index is 2.20. The lowest BCUT2D eigenvalue weighted by Crippen LogP contribution is -2.26. The van der Waals surface area contributed by atoms with Gasteiger partial charge in [0.2, 0.25) is 0 Å². The van der Waals surface area contributed by atoms with Crippen molar-refractivity contribution in [3.8, 4) is 6.07 Å². The van der Waals surface area contributed by atoms with Gasteiger partial charge in [-0.3, -0.25) is 9.36 Å². The van der Waals surface area contributed by atoms with Crippen LogP contribution in [0, 0.1) is 14.9 Å². The molecule has 1 aromatic heterocycles. The highest BCUT2D eigenvalue weighted by molar-refractivity contribution is 14.1. The molecule has 0 aliphatic heterocycles. The van der Waals surface area contributed by atoms with E-state index >= 15 is 0 Å². The Morgan fingerprint density at radius 3 is 2.57 bits per heavy atom. The van der Waals surface area contributed by atoms with Crippen LogP contribution in [0.4, 0.5) is 0 Å². The molecule has 0 fully saturated rings. The topological polar surface area (TPSA) is 92.8 Å². The maximum atomic E-state index is 12.2. The highest BCUT2D eigenvalue weighted by Gasteiger charge is 2.15. The fraction of sp³-hybridized carbons (Fsp3) is 0.154. The van der Waals surface area contributed by atoms with E-state index in [-0.39, 0.29) is 22.8 Å². The third kappa shape index (κ3) is 3.68. The molecule has 0 saturated carbocycles. The first kappa shape index (κ1) is 15.7. The lowest BCUT2D eigenvalue weighted by atomic mass is 10.2. The Bertz CT molecular complexity index is 851. The zero-order chi connectivity index (χ0) is 15.5. The highest BCUT2D eigenvalue weighted by atomic mass is 127. The van der Waals surface area contributed by atoms with Crippen molar-refractivity contribution >= 4 is 32.4 Å². The number of nitrogens with zero attached hydrogens (tertiary/aromatic N) is 3. The van der Waals surface area contributed by atoms with Crippen LogP contribution in [0.2, 0.25) is 0 Å². The van der Waals surface area contributed by atoms with E-state index in [1.54, 1.807) is 0 Å². The van der Waals surface area contributed by atoms with Crippen LogP contribution in [0.1, 0.15) is 5.56 Å². The lowest BCUT2D eigenvalue weighted by molar-refractivity contribution is 0.586. The second-order valence-electron chi connectivity index (χ2n) is 4.20. The highest BCUT2D eigenvalue weighted by Crippen LogP contribution is 2.12. The van der Waals surface area contributed by atoms with E-state index in [0.29, 0.717) is 9.13 Å². The average molecular weight is 415 g/mol. The van der Waals surface area contributed by atoms with Crippen LogP contribution in [0.3, 0.4) is 0 Å². The number of hydrogen-bond donors (Lipinski definition) is 0. The first-order chi connectivity index (χ1) is 9.94. The van der Waals surface area contributed by atoms with Crippen LogP contribution >= 0.6 is 22.6 Å². The summed E-state index contributed by atoms with van der Waals surface area (Å²) in [5, 5.41) is 8.69. The molecule has 0 aliphatic carbocycles. The predicted octanol–water partition coefficient (Wildman–Crippen LogP) is 1.19. The molecule has 108 valence electrons. The van der Waals surface area contributed by atoms with Gasteiger partial charge in [-0.2, -0.15) is 5.26 Å². The van der Waals surface area contributed by atoms with Gasteiger partial charge in [-0.25, -0.2) is 13.4 Å². The van der Waals surface area contributed by atoms with E-state index in [2.05, 4.69) is 4.98 Å². The van der Waals surface area contributed by atoms with Crippen LogP contribution < -0.4 is 5.56 Å². The Morgan fingerprint density at radius 1 is 1.29 bits per heavy atom. The lowest BCUT2D eigenvalue weighted by Gasteiger charge is -2.07. The van der Waals surface area contributed by atoms with Crippen LogP contribution in [0.5, 0.6) is 0 Å². The van der Waals surface area contributed by atoms with E-state index in [1.165, 1.54) is 41.4 Å². The number of benzene rings is 1. The van der Waals surface area contributed by atoms with Gasteiger partial charge in [-0.1, -0.05) is 0 Å². The summed E-state index contributed by atoms with van der Waals surface area (Å²) in [6, 6.07) is 7.61. The summed E-state index contributed by atoms with van der Waals surface area (Å²) in [5.41, 5.74) is 0.132. The number of aromatic nitrogens is 2. The van der Waals surface area contributed by atoms with Gasteiger partial charge in [-0.05, 0) is 46.9 Å². The maximum Gasteiger partial charge on any atom is 0.266 e. The van der Waals surface area contributed by atoms with Gasteiger partial charge in [0, 0.05) is 12.7 Å². The van der Waals surface area contributed by atoms with Crippen molar-refractivity contribution in [1.29, 1.82) is 5.26 Å². The molecule has 0 saturated heterocycles. The molecule has 1 aromatic carbocycles. The van der Waals surface area contributed by atoms with Gasteiger partial charge in [-0.15, -0.1) is 0 Å². The molecule has 0 bridgehead atoms. The molecule has 0 atom stereocenters. The van der Waals surface area contributed by atoms with Crippen molar-refractivity contribution in [3.05, 3.63) is 56.3 Å². The summed E-state index contributed by atoms with van der Waals surface area (Å²) in [4.78, 5) is 15.8. The number of nitriles is 1. The molecule has 2 rings (SSSR count). The van der Waals surface area contributed by atoms with Gasteiger partial charge in [0.15, 0.2) is 9.84 Å². The van der Waals surface area contributed by atoms with E-state index in [0.717, 1.165) is 0 Å². The quantitative estimate of drug-likeness (QED) is 0.700. The van der Waals surface area contributed by atoms with E-state index in [4.69, 9.17) is 5.26 Å². The van der Waals surface area contributed by atoms with Gasteiger partial charge in [0.1, 0.15) is 0 Å². The van der Waals surface area contributed by atoms with Crippen molar-refractivity contribution in [2.45, 2.75) is 11.4 Å². The number of halogens is 1. The summed E-state index contributed by atoms with van der Waals surface area (Å²) in [6.07, 6.45) is 2.74. The molecule has 21 heavy (non-hydrogen) atoms. The second-order valence-corrected chi connectivity index (χ2v) is 7.47. The second kappa shape index (κ2) is 6.36. The van der Waals surface area contributed by atoms with Crippen LogP contribution in [0.15, 0.2) is 46.5 Å². The van der Waals surface area contributed by atoms with Crippen LogP contribution in [0.25, 0.3) is 0 Å². The fourth-order valence-electron chi connectivity index (χ4n) is 1.66. The molecule has 6 nitrogen and oxygen atoms in total. The molecule has 0 aliphatic rings. The van der Waals surface area contributed by atoms with E-state index in [1.807, 2.05) is 28.7 Å². The maximum absolute atomic E-state index is 12.2. The zero-order valence-electron chi connectivity index (χ0n) is 10.7. The molecule has 8 heteroatoms. The van der Waals surface area contributed by atoms with Gasteiger partial charge in [0.25, 0.3) is 5.56 Å². The molecule has 2 aromatic rings. The normalized spacial score (nSPS) is 11.0. The van der Waals surface area contributed by atoms with Gasteiger partial charge < -0.3 is 0 Å². The molecule has 0 N–H and O–H groups in total. The van der Waals surface area contributed by atoms with Crippen molar-refractivity contribution < 1.29 is 8.42 Å². The minimum Gasteiger partial charge on any atom is -0.297 e. The smallest absolute Gasteiger partial charge is 0.266 e. The molecule has 0 unspecified atom stereocenters. The average Bonchev–Trinajstić information content (AvgIpc) is 2.49. The molecule has 0 spiro atoms. The van der Waals surface area contributed by atoms with E-state index in [9.17, 15) is 13.2 Å². The van der Waals surface area contributed by atoms with Crippen molar-refractivity contribution in [2.24, 2.45) is 0 Å². The standard InChI is InChI=1S/C13H10IN3O3S/c14-12-8-16-9-17(13(12)18)5-6-21(19,20)11-3-1-10(7-15)2-4-11/h1-4,8-9H,5-6H2. The molecular formula is C13H10IN3O3S. The van der Waals surface area contributed by atoms with Gasteiger partial charge in [0.05, 0.1) is 32.2 Å². The van der Waals surface area contributed by atoms with Crippen LogP contribution in [-0.2, 0) is 16.4 Å².